The van der Waals surface area contributed by atoms with E-state index in [9.17, 15) is 9.59 Å². The second kappa shape index (κ2) is 8.14. The predicted molar refractivity (Wildman–Crippen MR) is 89.5 cm³/mol. The number of carbonyl (C=O) groups excluding carboxylic acids is 1. The van der Waals surface area contributed by atoms with E-state index in [1.54, 1.807) is 25.3 Å². The molecule has 1 aromatic carbocycles. The SMILES string of the molecule is COc1ccc(/C=C/C(=O)NC(CC(=O)O)c2cccs2)cc1. The fraction of sp³-hybridized carbons (Fsp3) is 0.176. The Balaban J connectivity index is 2.00. The summed E-state index contributed by atoms with van der Waals surface area (Å²) in [7, 11) is 1.59. The summed E-state index contributed by atoms with van der Waals surface area (Å²) >= 11 is 1.42. The highest BCUT2D eigenvalue weighted by Gasteiger charge is 2.17. The van der Waals surface area contributed by atoms with E-state index < -0.39 is 12.0 Å². The van der Waals surface area contributed by atoms with Crippen molar-refractivity contribution in [1.82, 2.24) is 5.32 Å². The van der Waals surface area contributed by atoms with Gasteiger partial charge in [-0.2, -0.15) is 0 Å². The lowest BCUT2D eigenvalue weighted by atomic mass is 10.1. The van der Waals surface area contributed by atoms with E-state index in [1.807, 2.05) is 29.6 Å². The molecule has 0 aliphatic carbocycles. The molecule has 1 aromatic heterocycles. The summed E-state index contributed by atoms with van der Waals surface area (Å²) in [6.45, 7) is 0. The fourth-order valence-corrected chi connectivity index (χ4v) is 2.77. The summed E-state index contributed by atoms with van der Waals surface area (Å²) in [6, 6.07) is 10.4. The van der Waals surface area contributed by atoms with Gasteiger partial charge >= 0.3 is 5.97 Å². The van der Waals surface area contributed by atoms with Crippen molar-refractivity contribution >= 4 is 29.3 Å². The third-order valence-corrected chi connectivity index (χ3v) is 4.11. The van der Waals surface area contributed by atoms with Crippen molar-refractivity contribution in [3.05, 3.63) is 58.3 Å². The van der Waals surface area contributed by atoms with E-state index in [2.05, 4.69) is 5.32 Å². The zero-order valence-electron chi connectivity index (χ0n) is 12.6. The quantitative estimate of drug-likeness (QED) is 0.765. The number of amides is 1. The molecular weight excluding hydrogens is 314 g/mol. The summed E-state index contributed by atoms with van der Waals surface area (Å²) in [5, 5.41) is 13.5. The highest BCUT2D eigenvalue weighted by molar-refractivity contribution is 7.10. The molecule has 0 spiro atoms. The Labute approximate surface area is 138 Å². The van der Waals surface area contributed by atoms with Crippen molar-refractivity contribution in [1.29, 1.82) is 0 Å². The lowest BCUT2D eigenvalue weighted by Gasteiger charge is -2.14. The van der Waals surface area contributed by atoms with Crippen molar-refractivity contribution < 1.29 is 19.4 Å². The number of hydrogen-bond donors (Lipinski definition) is 2. The molecule has 0 fully saturated rings. The minimum atomic E-state index is -0.956. The zero-order chi connectivity index (χ0) is 16.7. The minimum Gasteiger partial charge on any atom is -0.497 e. The molecular formula is C17H17NO4S. The molecule has 0 bridgehead atoms. The predicted octanol–water partition coefficient (Wildman–Crippen LogP) is 3.10. The number of carboxylic acid groups (broad SMARTS) is 1. The maximum atomic E-state index is 12.0. The van der Waals surface area contributed by atoms with Crippen LogP contribution in [0.1, 0.15) is 22.9 Å². The van der Waals surface area contributed by atoms with Crippen LogP contribution < -0.4 is 10.1 Å². The van der Waals surface area contributed by atoms with Gasteiger partial charge in [0.25, 0.3) is 0 Å². The number of rotatable bonds is 7. The molecule has 0 aliphatic rings. The van der Waals surface area contributed by atoms with Crippen LogP contribution >= 0.6 is 11.3 Å². The molecule has 0 aliphatic heterocycles. The van der Waals surface area contributed by atoms with Gasteiger partial charge in [-0.25, -0.2) is 0 Å². The highest BCUT2D eigenvalue weighted by Crippen LogP contribution is 2.22. The number of thiophene rings is 1. The fourth-order valence-electron chi connectivity index (χ4n) is 1.99. The Morgan fingerprint density at radius 1 is 1.30 bits per heavy atom. The first kappa shape index (κ1) is 16.8. The summed E-state index contributed by atoms with van der Waals surface area (Å²) in [6.07, 6.45) is 2.91. The van der Waals surface area contributed by atoms with Gasteiger partial charge in [-0.05, 0) is 35.2 Å². The molecule has 1 unspecified atom stereocenters. The molecule has 0 saturated heterocycles. The monoisotopic (exact) mass is 331 g/mol. The van der Waals surface area contributed by atoms with Crippen LogP contribution in [-0.2, 0) is 9.59 Å². The van der Waals surface area contributed by atoms with Crippen LogP contribution in [0.25, 0.3) is 6.08 Å². The Hall–Kier alpha value is -2.60. The maximum absolute atomic E-state index is 12.0. The van der Waals surface area contributed by atoms with Crippen LogP contribution in [0, 0.1) is 0 Å². The van der Waals surface area contributed by atoms with Crippen molar-refractivity contribution in [3.8, 4) is 5.75 Å². The number of hydrogen-bond acceptors (Lipinski definition) is 4. The van der Waals surface area contributed by atoms with Crippen molar-refractivity contribution in [3.63, 3.8) is 0 Å². The van der Waals surface area contributed by atoms with Gasteiger partial charge in [0.1, 0.15) is 5.75 Å². The second-order valence-corrected chi connectivity index (χ2v) is 5.76. The normalized spacial score (nSPS) is 12.0. The highest BCUT2D eigenvalue weighted by atomic mass is 32.1. The van der Waals surface area contributed by atoms with E-state index >= 15 is 0 Å². The minimum absolute atomic E-state index is 0.150. The summed E-state index contributed by atoms with van der Waals surface area (Å²) in [5.41, 5.74) is 0.854. The number of carbonyl (C=O) groups is 2. The third kappa shape index (κ3) is 5.27. The Morgan fingerprint density at radius 2 is 2.04 bits per heavy atom. The molecule has 23 heavy (non-hydrogen) atoms. The smallest absolute Gasteiger partial charge is 0.305 e. The van der Waals surface area contributed by atoms with Crippen LogP contribution in [0.5, 0.6) is 5.75 Å². The molecule has 1 amide bonds. The Bertz CT molecular complexity index is 677. The van der Waals surface area contributed by atoms with Crippen molar-refractivity contribution in [2.24, 2.45) is 0 Å². The van der Waals surface area contributed by atoms with Gasteiger partial charge < -0.3 is 15.2 Å². The molecule has 1 heterocycles. The molecule has 2 aromatic rings. The third-order valence-electron chi connectivity index (χ3n) is 3.12. The van der Waals surface area contributed by atoms with Crippen LogP contribution in [-0.4, -0.2) is 24.1 Å². The molecule has 1 atom stereocenters. The van der Waals surface area contributed by atoms with Gasteiger partial charge in [0.2, 0.25) is 5.91 Å². The van der Waals surface area contributed by atoms with E-state index in [-0.39, 0.29) is 12.3 Å². The van der Waals surface area contributed by atoms with Gasteiger partial charge in [-0.1, -0.05) is 18.2 Å². The average molecular weight is 331 g/mol. The van der Waals surface area contributed by atoms with E-state index in [1.165, 1.54) is 17.4 Å². The first-order chi connectivity index (χ1) is 11.1. The maximum Gasteiger partial charge on any atom is 0.305 e. The molecule has 2 rings (SSSR count). The first-order valence-corrected chi connectivity index (χ1v) is 7.84. The van der Waals surface area contributed by atoms with E-state index in [0.29, 0.717) is 0 Å². The second-order valence-electron chi connectivity index (χ2n) is 4.78. The number of carboxylic acids is 1. The van der Waals surface area contributed by atoms with Crippen LogP contribution in [0.4, 0.5) is 0 Å². The summed E-state index contributed by atoms with van der Waals surface area (Å²) < 4.78 is 5.07. The largest absolute Gasteiger partial charge is 0.497 e. The zero-order valence-corrected chi connectivity index (χ0v) is 13.4. The standard InChI is InChI=1S/C17H17NO4S/c1-22-13-7-4-12(5-8-13)6-9-16(19)18-14(11-17(20)21)15-3-2-10-23-15/h2-10,14H,11H2,1H3,(H,18,19)(H,20,21)/b9-6+. The molecule has 120 valence electrons. The molecule has 0 saturated carbocycles. The van der Waals surface area contributed by atoms with Crippen LogP contribution in [0.15, 0.2) is 47.9 Å². The van der Waals surface area contributed by atoms with Gasteiger partial charge in [-0.15, -0.1) is 11.3 Å². The number of nitrogens with one attached hydrogen (secondary N) is 1. The van der Waals surface area contributed by atoms with Gasteiger partial charge in [0.05, 0.1) is 19.6 Å². The topological polar surface area (TPSA) is 75.6 Å². The van der Waals surface area contributed by atoms with Gasteiger partial charge in [-0.3, -0.25) is 9.59 Å². The number of ether oxygens (including phenoxy) is 1. The van der Waals surface area contributed by atoms with Crippen molar-refractivity contribution in [2.45, 2.75) is 12.5 Å². The Morgan fingerprint density at radius 3 is 2.61 bits per heavy atom. The van der Waals surface area contributed by atoms with E-state index in [0.717, 1.165) is 16.2 Å². The van der Waals surface area contributed by atoms with Crippen LogP contribution in [0.3, 0.4) is 0 Å². The van der Waals surface area contributed by atoms with Crippen LogP contribution in [0.2, 0.25) is 0 Å². The lowest BCUT2D eigenvalue weighted by molar-refractivity contribution is -0.137. The van der Waals surface area contributed by atoms with Gasteiger partial charge in [0.15, 0.2) is 0 Å². The van der Waals surface area contributed by atoms with Crippen molar-refractivity contribution in [2.75, 3.05) is 7.11 Å². The molecule has 5 nitrogen and oxygen atoms in total. The number of methoxy groups -OCH3 is 1. The molecule has 0 radical (unpaired) electrons. The summed E-state index contributed by atoms with van der Waals surface area (Å²) in [5.74, 6) is -0.547. The molecule has 2 N–H and O–H groups in total. The van der Waals surface area contributed by atoms with E-state index in [4.69, 9.17) is 9.84 Å². The average Bonchev–Trinajstić information content (AvgIpc) is 3.07. The number of aliphatic carboxylic acids is 1. The first-order valence-electron chi connectivity index (χ1n) is 6.96. The Kier molecular flexibility index (Phi) is 5.94. The van der Waals surface area contributed by atoms with Gasteiger partial charge in [0, 0.05) is 11.0 Å². The lowest BCUT2D eigenvalue weighted by Crippen LogP contribution is -2.28. The summed E-state index contributed by atoms with van der Waals surface area (Å²) in [4.78, 5) is 23.8. The number of benzene rings is 1. The molecule has 6 heteroatoms.